The number of likely N-dealkylation sites (tertiary alicyclic amines) is 2. The van der Waals surface area contributed by atoms with Crippen LogP contribution in [0.5, 0.6) is 0 Å². The Bertz CT molecular complexity index is 570. The molecule has 2 saturated heterocycles. The smallest absolute Gasteiger partial charge is 0.239 e. The van der Waals surface area contributed by atoms with Gasteiger partial charge in [0.15, 0.2) is 0 Å². The predicted molar refractivity (Wildman–Crippen MR) is 85.1 cm³/mol. The maximum atomic E-state index is 13.0. The SMILES string of the molecule is CN1C[C@@H](N)C[C@H]1C(=O)N1CCC(O)(c2ccc(F)cc2)CC1. The fraction of sp³-hybridized carbons (Fsp3) is 0.588. The first-order valence-corrected chi connectivity index (χ1v) is 8.12. The second-order valence-corrected chi connectivity index (χ2v) is 6.81. The zero-order valence-corrected chi connectivity index (χ0v) is 13.4. The Kier molecular flexibility index (Phi) is 4.40. The summed E-state index contributed by atoms with van der Waals surface area (Å²) in [7, 11) is 1.92. The van der Waals surface area contributed by atoms with Crippen LogP contribution < -0.4 is 5.73 Å². The summed E-state index contributed by atoms with van der Waals surface area (Å²) in [5, 5.41) is 10.8. The van der Waals surface area contributed by atoms with Crippen LogP contribution in [0.4, 0.5) is 4.39 Å². The lowest BCUT2D eigenvalue weighted by atomic mass is 9.84. The van der Waals surface area contributed by atoms with Gasteiger partial charge in [-0.3, -0.25) is 9.69 Å². The van der Waals surface area contributed by atoms with Crippen molar-refractivity contribution in [3.8, 4) is 0 Å². The number of aliphatic hydroxyl groups is 1. The Morgan fingerprint density at radius 1 is 1.30 bits per heavy atom. The summed E-state index contributed by atoms with van der Waals surface area (Å²) in [5.74, 6) is -0.216. The number of hydrogen-bond donors (Lipinski definition) is 2. The van der Waals surface area contributed by atoms with Crippen molar-refractivity contribution in [1.82, 2.24) is 9.80 Å². The molecule has 0 radical (unpaired) electrons. The molecule has 2 aliphatic rings. The summed E-state index contributed by atoms with van der Waals surface area (Å²) in [5.41, 5.74) is 5.66. The molecule has 1 amide bonds. The molecule has 1 aromatic carbocycles. The van der Waals surface area contributed by atoms with Gasteiger partial charge in [-0.25, -0.2) is 4.39 Å². The molecule has 0 aromatic heterocycles. The van der Waals surface area contributed by atoms with Crippen LogP contribution >= 0.6 is 0 Å². The molecular formula is C17H24FN3O2. The Balaban J connectivity index is 1.64. The molecule has 23 heavy (non-hydrogen) atoms. The summed E-state index contributed by atoms with van der Waals surface area (Å²) in [4.78, 5) is 16.5. The van der Waals surface area contributed by atoms with Crippen LogP contribution in [-0.2, 0) is 10.4 Å². The third-order valence-corrected chi connectivity index (χ3v) is 5.15. The summed E-state index contributed by atoms with van der Waals surface area (Å²) >= 11 is 0. The van der Waals surface area contributed by atoms with Gasteiger partial charge in [0, 0.05) is 25.7 Å². The number of halogens is 1. The van der Waals surface area contributed by atoms with E-state index in [0.29, 0.717) is 37.9 Å². The van der Waals surface area contributed by atoms with E-state index in [1.165, 1.54) is 12.1 Å². The number of carbonyl (C=O) groups is 1. The molecular weight excluding hydrogens is 297 g/mol. The first kappa shape index (κ1) is 16.4. The van der Waals surface area contributed by atoms with E-state index in [-0.39, 0.29) is 23.8 Å². The van der Waals surface area contributed by atoms with E-state index in [4.69, 9.17) is 5.73 Å². The van der Waals surface area contributed by atoms with Gasteiger partial charge in [0.1, 0.15) is 5.82 Å². The number of carbonyl (C=O) groups excluding carboxylic acids is 1. The van der Waals surface area contributed by atoms with E-state index in [0.717, 1.165) is 6.54 Å². The quantitative estimate of drug-likeness (QED) is 0.840. The third-order valence-electron chi connectivity index (χ3n) is 5.15. The second-order valence-electron chi connectivity index (χ2n) is 6.81. The van der Waals surface area contributed by atoms with Crippen LogP contribution in [0.2, 0.25) is 0 Å². The Morgan fingerprint density at radius 3 is 2.43 bits per heavy atom. The molecule has 2 aliphatic heterocycles. The maximum absolute atomic E-state index is 13.0. The van der Waals surface area contributed by atoms with Crippen molar-refractivity contribution in [2.24, 2.45) is 5.73 Å². The standard InChI is InChI=1S/C17H24FN3O2/c1-20-11-14(19)10-15(20)16(22)21-8-6-17(23,7-9-21)12-2-4-13(18)5-3-12/h2-5,14-15,23H,6-11,19H2,1H3/t14-,15-/m0/s1. The molecule has 3 N–H and O–H groups in total. The van der Waals surface area contributed by atoms with Crippen molar-refractivity contribution in [3.63, 3.8) is 0 Å². The highest BCUT2D eigenvalue weighted by molar-refractivity contribution is 5.82. The molecule has 3 rings (SSSR count). The molecule has 5 nitrogen and oxygen atoms in total. The van der Waals surface area contributed by atoms with Crippen LogP contribution in [0.25, 0.3) is 0 Å². The Labute approximate surface area is 135 Å². The van der Waals surface area contributed by atoms with Gasteiger partial charge >= 0.3 is 0 Å². The maximum Gasteiger partial charge on any atom is 0.239 e. The number of likely N-dealkylation sites (N-methyl/N-ethyl adjacent to an activating group) is 1. The molecule has 2 fully saturated rings. The monoisotopic (exact) mass is 321 g/mol. The minimum atomic E-state index is -0.984. The summed E-state index contributed by atoms with van der Waals surface area (Å²) in [6.45, 7) is 1.75. The van der Waals surface area contributed by atoms with Crippen molar-refractivity contribution >= 4 is 5.91 Å². The van der Waals surface area contributed by atoms with Gasteiger partial charge in [0.05, 0.1) is 11.6 Å². The molecule has 0 aliphatic carbocycles. The van der Waals surface area contributed by atoms with Gasteiger partial charge in [0.2, 0.25) is 5.91 Å². The van der Waals surface area contributed by atoms with Crippen LogP contribution in [0.15, 0.2) is 24.3 Å². The second kappa shape index (κ2) is 6.19. The van der Waals surface area contributed by atoms with E-state index in [1.54, 1.807) is 12.1 Å². The van der Waals surface area contributed by atoms with E-state index in [2.05, 4.69) is 0 Å². The number of amides is 1. The number of rotatable bonds is 2. The van der Waals surface area contributed by atoms with Crippen molar-refractivity contribution in [1.29, 1.82) is 0 Å². The number of hydrogen-bond acceptors (Lipinski definition) is 4. The average molecular weight is 321 g/mol. The molecule has 0 bridgehead atoms. The highest BCUT2D eigenvalue weighted by atomic mass is 19.1. The zero-order chi connectivity index (χ0) is 16.6. The zero-order valence-electron chi connectivity index (χ0n) is 13.4. The minimum Gasteiger partial charge on any atom is -0.385 e. The van der Waals surface area contributed by atoms with Gasteiger partial charge in [0.25, 0.3) is 0 Å². The molecule has 0 unspecified atom stereocenters. The summed E-state index contributed by atoms with van der Waals surface area (Å²) in [6, 6.07) is 5.86. The number of benzene rings is 1. The lowest BCUT2D eigenvalue weighted by Crippen LogP contribution is -2.50. The van der Waals surface area contributed by atoms with Gasteiger partial charge in [-0.2, -0.15) is 0 Å². The summed E-state index contributed by atoms with van der Waals surface area (Å²) in [6.07, 6.45) is 1.62. The van der Waals surface area contributed by atoms with Gasteiger partial charge in [-0.1, -0.05) is 12.1 Å². The van der Waals surface area contributed by atoms with Crippen LogP contribution in [0, 0.1) is 5.82 Å². The minimum absolute atomic E-state index is 0.0508. The number of piperidine rings is 1. The van der Waals surface area contributed by atoms with Crippen LogP contribution in [0.3, 0.4) is 0 Å². The van der Waals surface area contributed by atoms with Gasteiger partial charge in [-0.05, 0) is 44.0 Å². The molecule has 2 atom stereocenters. The lowest BCUT2D eigenvalue weighted by molar-refractivity contribution is -0.140. The Hall–Kier alpha value is -1.50. The highest BCUT2D eigenvalue weighted by Gasteiger charge is 2.40. The average Bonchev–Trinajstić information content (AvgIpc) is 2.86. The number of nitrogens with two attached hydrogens (primary N) is 1. The third kappa shape index (κ3) is 3.24. The van der Waals surface area contributed by atoms with Crippen molar-refractivity contribution in [2.45, 2.75) is 36.9 Å². The fourth-order valence-corrected chi connectivity index (χ4v) is 3.68. The van der Waals surface area contributed by atoms with E-state index >= 15 is 0 Å². The van der Waals surface area contributed by atoms with E-state index < -0.39 is 5.60 Å². The van der Waals surface area contributed by atoms with E-state index in [1.807, 2.05) is 16.8 Å². The summed E-state index contributed by atoms with van der Waals surface area (Å²) < 4.78 is 13.0. The molecule has 1 aromatic rings. The highest BCUT2D eigenvalue weighted by Crippen LogP contribution is 2.33. The fourth-order valence-electron chi connectivity index (χ4n) is 3.68. The molecule has 2 heterocycles. The first-order valence-electron chi connectivity index (χ1n) is 8.12. The molecule has 0 spiro atoms. The lowest BCUT2D eigenvalue weighted by Gasteiger charge is -2.40. The van der Waals surface area contributed by atoms with Crippen molar-refractivity contribution in [3.05, 3.63) is 35.6 Å². The molecule has 126 valence electrons. The van der Waals surface area contributed by atoms with Crippen molar-refractivity contribution in [2.75, 3.05) is 26.7 Å². The van der Waals surface area contributed by atoms with Gasteiger partial charge in [-0.15, -0.1) is 0 Å². The van der Waals surface area contributed by atoms with Gasteiger partial charge < -0.3 is 15.7 Å². The van der Waals surface area contributed by atoms with E-state index in [9.17, 15) is 14.3 Å². The Morgan fingerprint density at radius 2 is 1.91 bits per heavy atom. The molecule has 0 saturated carbocycles. The van der Waals surface area contributed by atoms with Crippen LogP contribution in [-0.4, -0.2) is 59.6 Å². The van der Waals surface area contributed by atoms with Crippen molar-refractivity contribution < 1.29 is 14.3 Å². The topological polar surface area (TPSA) is 69.8 Å². The number of nitrogens with zero attached hydrogens (tertiary/aromatic N) is 2. The first-order chi connectivity index (χ1) is 10.9. The normalized spacial score (nSPS) is 28.1. The molecule has 6 heteroatoms. The van der Waals surface area contributed by atoms with Crippen LogP contribution in [0.1, 0.15) is 24.8 Å². The largest absolute Gasteiger partial charge is 0.385 e. The predicted octanol–water partition coefficient (Wildman–Crippen LogP) is 0.667.